The molecule has 2 aromatic heterocycles. The lowest BCUT2D eigenvalue weighted by atomic mass is 9.91. The van der Waals surface area contributed by atoms with Crippen molar-refractivity contribution >= 4 is 33.4 Å². The lowest BCUT2D eigenvalue weighted by molar-refractivity contribution is -0.134. The molecule has 0 spiro atoms. The number of aromatic nitrogens is 1. The normalized spacial score (nSPS) is 22.0. The van der Waals surface area contributed by atoms with Gasteiger partial charge < -0.3 is 14.8 Å². The molecule has 5 rings (SSSR count). The minimum atomic E-state index is -0.942. The summed E-state index contributed by atoms with van der Waals surface area (Å²) in [4.78, 5) is 30.2. The second kappa shape index (κ2) is 7.83. The zero-order chi connectivity index (χ0) is 21.6. The number of aryl methyl sites for hydroxylation is 1. The lowest BCUT2D eigenvalue weighted by Crippen LogP contribution is -2.64. The summed E-state index contributed by atoms with van der Waals surface area (Å²) in [6, 6.07) is 12.4. The second-order valence-corrected chi connectivity index (χ2v) is 10.2. The minimum Gasteiger partial charge on any atom is -0.351 e. The fourth-order valence-electron chi connectivity index (χ4n) is 4.97. The average Bonchev–Trinajstić information content (AvgIpc) is 3.36. The molecule has 31 heavy (non-hydrogen) atoms. The van der Waals surface area contributed by atoms with Gasteiger partial charge in [0.15, 0.2) is 0 Å². The quantitative estimate of drug-likeness (QED) is 0.635. The van der Waals surface area contributed by atoms with Crippen molar-refractivity contribution in [3.8, 4) is 0 Å². The molecular weight excluding hydrogens is 406 g/mol. The fourth-order valence-corrected chi connectivity index (χ4v) is 5.87. The van der Waals surface area contributed by atoms with E-state index in [-0.39, 0.29) is 17.9 Å². The third-order valence-corrected chi connectivity index (χ3v) is 7.87. The first-order valence-electron chi connectivity index (χ1n) is 11.2. The molecule has 0 bridgehead atoms. The number of rotatable bonds is 4. The maximum absolute atomic E-state index is 13.7. The number of amides is 2. The van der Waals surface area contributed by atoms with Crippen LogP contribution in [-0.4, -0.2) is 32.9 Å². The van der Waals surface area contributed by atoms with Crippen LogP contribution in [0.5, 0.6) is 0 Å². The molecule has 0 saturated heterocycles. The Labute approximate surface area is 187 Å². The van der Waals surface area contributed by atoms with Gasteiger partial charge in [-0.25, -0.2) is 0 Å². The summed E-state index contributed by atoms with van der Waals surface area (Å²) >= 11 is 1.63. The maximum Gasteiger partial charge on any atom is 0.271 e. The van der Waals surface area contributed by atoms with Crippen molar-refractivity contribution in [1.29, 1.82) is 0 Å². The largest absolute Gasteiger partial charge is 0.351 e. The number of carbonyl (C=O) groups is 2. The van der Waals surface area contributed by atoms with Crippen molar-refractivity contribution in [2.75, 3.05) is 0 Å². The molecule has 6 heteroatoms. The summed E-state index contributed by atoms with van der Waals surface area (Å²) in [5.41, 5.74) is 1.96. The summed E-state index contributed by atoms with van der Waals surface area (Å²) in [6.45, 7) is 4.88. The Hall–Kier alpha value is -2.60. The van der Waals surface area contributed by atoms with Crippen LogP contribution in [0.1, 0.15) is 60.6 Å². The van der Waals surface area contributed by atoms with Gasteiger partial charge in [0.05, 0.1) is 6.54 Å². The third kappa shape index (κ3) is 3.57. The van der Waals surface area contributed by atoms with E-state index in [1.807, 2.05) is 36.6 Å². The molecule has 0 radical (unpaired) electrons. The summed E-state index contributed by atoms with van der Waals surface area (Å²) < 4.78 is 2.05. The number of fused-ring (bicyclic) bond motifs is 3. The first kappa shape index (κ1) is 20.3. The van der Waals surface area contributed by atoms with Gasteiger partial charge >= 0.3 is 0 Å². The van der Waals surface area contributed by atoms with Gasteiger partial charge in [0.2, 0.25) is 5.91 Å². The number of benzene rings is 1. The summed E-state index contributed by atoms with van der Waals surface area (Å²) in [7, 11) is 0. The smallest absolute Gasteiger partial charge is 0.271 e. The van der Waals surface area contributed by atoms with Gasteiger partial charge in [-0.3, -0.25) is 9.59 Å². The van der Waals surface area contributed by atoms with Crippen LogP contribution in [0.2, 0.25) is 0 Å². The topological polar surface area (TPSA) is 54.3 Å². The summed E-state index contributed by atoms with van der Waals surface area (Å²) in [5.74, 6) is -0.111. The fraction of sp³-hybridized carbons (Fsp3) is 0.440. The molecule has 1 atom stereocenters. The predicted molar refractivity (Wildman–Crippen MR) is 124 cm³/mol. The number of hydrogen-bond acceptors (Lipinski definition) is 3. The molecule has 2 amide bonds. The summed E-state index contributed by atoms with van der Waals surface area (Å²) in [5, 5.41) is 6.41. The van der Waals surface area contributed by atoms with Gasteiger partial charge in [-0.2, -0.15) is 0 Å². The molecule has 2 aliphatic rings. The molecule has 5 nitrogen and oxygen atoms in total. The highest BCUT2D eigenvalue weighted by Gasteiger charge is 2.48. The molecule has 162 valence electrons. The lowest BCUT2D eigenvalue weighted by Gasteiger charge is -2.44. The Morgan fingerprint density at radius 3 is 2.65 bits per heavy atom. The maximum atomic E-state index is 13.7. The Morgan fingerprint density at radius 2 is 1.90 bits per heavy atom. The predicted octanol–water partition coefficient (Wildman–Crippen LogP) is 4.87. The van der Waals surface area contributed by atoms with E-state index >= 15 is 0 Å². The van der Waals surface area contributed by atoms with Crippen molar-refractivity contribution in [3.05, 3.63) is 58.6 Å². The number of thiophene rings is 1. The molecule has 1 aliphatic carbocycles. The molecule has 1 N–H and O–H groups in total. The first-order valence-corrected chi connectivity index (χ1v) is 12.1. The van der Waals surface area contributed by atoms with E-state index in [1.54, 1.807) is 16.2 Å². The Balaban J connectivity index is 1.52. The zero-order valence-corrected chi connectivity index (χ0v) is 19.0. The van der Waals surface area contributed by atoms with Crippen LogP contribution in [0.15, 0.2) is 41.8 Å². The van der Waals surface area contributed by atoms with Crippen molar-refractivity contribution in [3.63, 3.8) is 0 Å². The Morgan fingerprint density at radius 1 is 1.16 bits per heavy atom. The van der Waals surface area contributed by atoms with E-state index in [2.05, 4.69) is 28.9 Å². The molecule has 1 aliphatic heterocycles. The van der Waals surface area contributed by atoms with Gasteiger partial charge in [-0.1, -0.05) is 49.1 Å². The van der Waals surface area contributed by atoms with Crippen LogP contribution < -0.4 is 5.32 Å². The SMILES string of the molecule is Cc1ccc(CN2C(=O)c3cc4ccsc4n3C[C@]2(C)C(=O)NC2CCCCC2)cc1. The van der Waals surface area contributed by atoms with Gasteiger partial charge in [0.1, 0.15) is 16.1 Å². The first-order chi connectivity index (χ1) is 15.0. The zero-order valence-electron chi connectivity index (χ0n) is 18.2. The molecule has 1 aromatic carbocycles. The molecule has 1 fully saturated rings. The second-order valence-electron chi connectivity index (χ2n) is 9.26. The standard InChI is InChI=1S/C25H29N3O2S/c1-17-8-10-18(11-9-17)15-28-22(29)21-14-19-12-13-31-23(19)27(21)16-25(28,2)24(30)26-20-6-4-3-5-7-20/h8-14,20H,3-7,15-16H2,1-2H3,(H,26,30)/t25-/m1/s1. The van der Waals surface area contributed by atoms with Crippen LogP contribution in [0.25, 0.3) is 10.2 Å². The van der Waals surface area contributed by atoms with Crippen molar-refractivity contribution in [2.24, 2.45) is 0 Å². The van der Waals surface area contributed by atoms with Crippen LogP contribution in [0, 0.1) is 6.92 Å². The van der Waals surface area contributed by atoms with Gasteiger partial charge in [0, 0.05) is 18.0 Å². The van der Waals surface area contributed by atoms with Gasteiger partial charge in [0.25, 0.3) is 5.91 Å². The van der Waals surface area contributed by atoms with Crippen LogP contribution >= 0.6 is 11.3 Å². The number of carbonyl (C=O) groups excluding carboxylic acids is 2. The van der Waals surface area contributed by atoms with Crippen LogP contribution in [-0.2, 0) is 17.9 Å². The highest BCUT2D eigenvalue weighted by molar-refractivity contribution is 7.16. The van der Waals surface area contributed by atoms with E-state index in [0.29, 0.717) is 18.8 Å². The van der Waals surface area contributed by atoms with E-state index in [4.69, 9.17) is 0 Å². The van der Waals surface area contributed by atoms with E-state index < -0.39 is 5.54 Å². The van der Waals surface area contributed by atoms with E-state index in [9.17, 15) is 9.59 Å². The van der Waals surface area contributed by atoms with Crippen LogP contribution in [0.3, 0.4) is 0 Å². The van der Waals surface area contributed by atoms with Gasteiger partial charge in [-0.05, 0) is 49.8 Å². The Kier molecular flexibility index (Phi) is 5.13. The molecule has 1 saturated carbocycles. The van der Waals surface area contributed by atoms with E-state index in [0.717, 1.165) is 41.5 Å². The molecule has 3 aromatic rings. The number of hydrogen-bond donors (Lipinski definition) is 1. The number of nitrogens with zero attached hydrogens (tertiary/aromatic N) is 2. The number of nitrogens with one attached hydrogen (secondary N) is 1. The van der Waals surface area contributed by atoms with Crippen molar-refractivity contribution in [1.82, 2.24) is 14.8 Å². The molecular formula is C25H29N3O2S. The van der Waals surface area contributed by atoms with E-state index in [1.165, 1.54) is 12.0 Å². The van der Waals surface area contributed by atoms with Crippen LogP contribution in [0.4, 0.5) is 0 Å². The highest BCUT2D eigenvalue weighted by atomic mass is 32.1. The minimum absolute atomic E-state index is 0.0380. The molecule has 0 unspecified atom stereocenters. The monoisotopic (exact) mass is 435 g/mol. The third-order valence-electron chi connectivity index (χ3n) is 6.92. The molecule has 3 heterocycles. The van der Waals surface area contributed by atoms with Gasteiger partial charge in [-0.15, -0.1) is 11.3 Å². The Bertz CT molecular complexity index is 1120. The highest BCUT2D eigenvalue weighted by Crippen LogP contribution is 2.35. The summed E-state index contributed by atoms with van der Waals surface area (Å²) in [6.07, 6.45) is 5.61. The van der Waals surface area contributed by atoms with Crippen molar-refractivity contribution in [2.45, 2.75) is 70.6 Å². The average molecular weight is 436 g/mol. The van der Waals surface area contributed by atoms with Crippen molar-refractivity contribution < 1.29 is 9.59 Å².